The molecule has 0 aliphatic heterocycles. The number of benzene rings is 1. The van der Waals surface area contributed by atoms with Crippen LogP contribution in [0, 0.1) is 0 Å². The van der Waals surface area contributed by atoms with Gasteiger partial charge in [-0.1, -0.05) is 37.1 Å². The van der Waals surface area contributed by atoms with E-state index >= 15 is 0 Å². The van der Waals surface area contributed by atoms with Crippen LogP contribution in [0.2, 0.25) is 0 Å². The fraction of sp³-hybridized carbons (Fsp3) is 0.588. The summed E-state index contributed by atoms with van der Waals surface area (Å²) in [7, 11) is 0. The predicted molar refractivity (Wildman–Crippen MR) is 73.9 cm³/mol. The van der Waals surface area contributed by atoms with Gasteiger partial charge in [-0.15, -0.1) is 0 Å². The Kier molecular flexibility index (Phi) is 3.49. The Morgan fingerprint density at radius 1 is 0.778 bits per heavy atom. The van der Waals surface area contributed by atoms with Crippen molar-refractivity contribution in [2.75, 3.05) is 0 Å². The third kappa shape index (κ3) is 2.50. The third-order valence-corrected chi connectivity index (χ3v) is 4.72. The van der Waals surface area contributed by atoms with E-state index in [-0.39, 0.29) is 0 Å². The van der Waals surface area contributed by atoms with Crippen LogP contribution in [0.15, 0.2) is 24.3 Å². The molecule has 2 aliphatic rings. The summed E-state index contributed by atoms with van der Waals surface area (Å²) >= 11 is 0. The van der Waals surface area contributed by atoms with Gasteiger partial charge in [-0.25, -0.2) is 0 Å². The zero-order chi connectivity index (χ0) is 12.4. The molecule has 96 valence electrons. The largest absolute Gasteiger partial charge is 0.300 e. The van der Waals surface area contributed by atoms with Crippen LogP contribution in [0.3, 0.4) is 0 Å². The lowest BCUT2D eigenvalue weighted by atomic mass is 9.79. The molecule has 1 atom stereocenters. The van der Waals surface area contributed by atoms with Gasteiger partial charge in [0.05, 0.1) is 0 Å². The lowest BCUT2D eigenvalue weighted by molar-refractivity contribution is -0.119. The molecule has 0 radical (unpaired) electrons. The Morgan fingerprint density at radius 2 is 1.39 bits per heavy atom. The van der Waals surface area contributed by atoms with E-state index in [1.54, 1.807) is 0 Å². The average molecular weight is 242 g/mol. The van der Waals surface area contributed by atoms with E-state index in [2.05, 4.69) is 24.3 Å². The molecule has 0 heterocycles. The zero-order valence-corrected chi connectivity index (χ0v) is 11.0. The molecule has 0 aromatic heterocycles. The molecule has 3 rings (SSSR count). The fourth-order valence-corrected chi connectivity index (χ4v) is 3.26. The molecule has 0 saturated heterocycles. The first-order valence-electron chi connectivity index (χ1n) is 7.44. The van der Waals surface area contributed by atoms with Gasteiger partial charge in [0.2, 0.25) is 0 Å². The summed E-state index contributed by atoms with van der Waals surface area (Å²) < 4.78 is 0. The third-order valence-electron chi connectivity index (χ3n) is 4.72. The van der Waals surface area contributed by atoms with Gasteiger partial charge in [-0.3, -0.25) is 4.79 Å². The second-order valence-electron chi connectivity index (χ2n) is 5.98. The van der Waals surface area contributed by atoms with Crippen LogP contribution in [0.4, 0.5) is 0 Å². The smallest absolute Gasteiger partial charge is 0.133 e. The van der Waals surface area contributed by atoms with Crippen molar-refractivity contribution >= 4 is 5.78 Å². The quantitative estimate of drug-likeness (QED) is 0.694. The number of hydrogen-bond acceptors (Lipinski definition) is 1. The van der Waals surface area contributed by atoms with Crippen molar-refractivity contribution in [2.24, 2.45) is 0 Å². The maximum Gasteiger partial charge on any atom is 0.133 e. The second kappa shape index (κ2) is 5.26. The van der Waals surface area contributed by atoms with E-state index in [4.69, 9.17) is 0 Å². The Bertz CT molecular complexity index is 414. The minimum atomic E-state index is 0.459. The molecule has 1 aromatic rings. The first-order chi connectivity index (χ1) is 8.83. The molecule has 1 heteroatoms. The first kappa shape index (κ1) is 12.0. The number of hydrogen-bond donors (Lipinski definition) is 0. The van der Waals surface area contributed by atoms with Gasteiger partial charge in [-0.05, 0) is 48.6 Å². The molecule has 2 aliphatic carbocycles. The molecule has 2 fully saturated rings. The summed E-state index contributed by atoms with van der Waals surface area (Å²) in [5.41, 5.74) is 2.89. The standard InChI is InChI=1S/C17H22O/c18-17-7-2-1-4-16(12-17)15-10-8-14(9-11-15)13-5-3-6-13/h8-11,13,16H,1-7,12H2. The highest BCUT2D eigenvalue weighted by Crippen LogP contribution is 2.37. The van der Waals surface area contributed by atoms with Crippen LogP contribution in [-0.2, 0) is 4.79 Å². The molecule has 0 amide bonds. The number of carbonyl (C=O) groups excluding carboxylic acids is 1. The topological polar surface area (TPSA) is 17.1 Å². The minimum absolute atomic E-state index is 0.459. The molecule has 1 unspecified atom stereocenters. The van der Waals surface area contributed by atoms with Crippen LogP contribution in [0.5, 0.6) is 0 Å². The zero-order valence-electron chi connectivity index (χ0n) is 11.0. The summed E-state index contributed by atoms with van der Waals surface area (Å²) in [4.78, 5) is 11.7. The summed E-state index contributed by atoms with van der Waals surface area (Å²) in [5.74, 6) is 1.76. The molecular weight excluding hydrogens is 220 g/mol. The summed E-state index contributed by atoms with van der Waals surface area (Å²) in [5, 5.41) is 0. The Balaban J connectivity index is 1.72. The summed E-state index contributed by atoms with van der Waals surface area (Å²) in [6.07, 6.45) is 9.18. The molecule has 1 aromatic carbocycles. The number of Topliss-reactive ketones (excluding diaryl/α,β-unsaturated/α-hetero) is 1. The highest BCUT2D eigenvalue weighted by atomic mass is 16.1. The Labute approximate surface area is 110 Å². The van der Waals surface area contributed by atoms with Crippen LogP contribution < -0.4 is 0 Å². The van der Waals surface area contributed by atoms with Gasteiger partial charge in [0.1, 0.15) is 5.78 Å². The molecule has 2 saturated carbocycles. The molecule has 0 N–H and O–H groups in total. The van der Waals surface area contributed by atoms with Crippen LogP contribution >= 0.6 is 0 Å². The van der Waals surface area contributed by atoms with Crippen molar-refractivity contribution in [1.82, 2.24) is 0 Å². The Hall–Kier alpha value is -1.11. The number of carbonyl (C=O) groups is 1. The van der Waals surface area contributed by atoms with Gasteiger partial charge >= 0.3 is 0 Å². The molecular formula is C17H22O. The number of ketones is 1. The average Bonchev–Trinajstić information content (AvgIpc) is 2.53. The van der Waals surface area contributed by atoms with E-state index in [1.165, 1.54) is 43.2 Å². The molecule has 0 spiro atoms. The lowest BCUT2D eigenvalue weighted by Crippen LogP contribution is -2.09. The minimum Gasteiger partial charge on any atom is -0.300 e. The number of rotatable bonds is 2. The van der Waals surface area contributed by atoms with Crippen molar-refractivity contribution in [3.63, 3.8) is 0 Å². The normalized spacial score (nSPS) is 25.6. The van der Waals surface area contributed by atoms with Gasteiger partial charge in [0.15, 0.2) is 0 Å². The molecule has 0 bridgehead atoms. The van der Waals surface area contributed by atoms with Crippen molar-refractivity contribution in [1.29, 1.82) is 0 Å². The molecule has 18 heavy (non-hydrogen) atoms. The van der Waals surface area contributed by atoms with Gasteiger partial charge in [0.25, 0.3) is 0 Å². The fourth-order valence-electron chi connectivity index (χ4n) is 3.26. The van der Waals surface area contributed by atoms with E-state index in [0.717, 1.165) is 25.2 Å². The predicted octanol–water partition coefficient (Wildman–Crippen LogP) is 4.57. The monoisotopic (exact) mass is 242 g/mol. The van der Waals surface area contributed by atoms with E-state index in [0.29, 0.717) is 11.7 Å². The maximum absolute atomic E-state index is 11.7. The summed E-state index contributed by atoms with van der Waals surface area (Å²) in [6.45, 7) is 0. The van der Waals surface area contributed by atoms with Crippen LogP contribution in [0.25, 0.3) is 0 Å². The highest BCUT2D eigenvalue weighted by Gasteiger charge is 2.21. The first-order valence-corrected chi connectivity index (χ1v) is 7.44. The van der Waals surface area contributed by atoms with Crippen molar-refractivity contribution in [3.8, 4) is 0 Å². The van der Waals surface area contributed by atoms with E-state index in [9.17, 15) is 4.79 Å². The lowest BCUT2D eigenvalue weighted by Gasteiger charge is -2.26. The van der Waals surface area contributed by atoms with Crippen molar-refractivity contribution in [3.05, 3.63) is 35.4 Å². The molecule has 1 nitrogen and oxygen atoms in total. The van der Waals surface area contributed by atoms with Gasteiger partial charge in [-0.2, -0.15) is 0 Å². The highest BCUT2D eigenvalue weighted by molar-refractivity contribution is 5.79. The van der Waals surface area contributed by atoms with Crippen LogP contribution in [-0.4, -0.2) is 5.78 Å². The van der Waals surface area contributed by atoms with Crippen molar-refractivity contribution in [2.45, 2.75) is 63.2 Å². The Morgan fingerprint density at radius 3 is 2.00 bits per heavy atom. The van der Waals surface area contributed by atoms with Crippen LogP contribution in [0.1, 0.15) is 74.3 Å². The summed E-state index contributed by atoms with van der Waals surface area (Å²) in [6, 6.07) is 9.15. The van der Waals surface area contributed by atoms with Crippen molar-refractivity contribution < 1.29 is 4.79 Å². The van der Waals surface area contributed by atoms with Gasteiger partial charge < -0.3 is 0 Å². The second-order valence-corrected chi connectivity index (χ2v) is 5.98. The van der Waals surface area contributed by atoms with E-state index < -0.39 is 0 Å². The van der Waals surface area contributed by atoms with E-state index in [1.807, 2.05) is 0 Å². The maximum atomic E-state index is 11.7. The van der Waals surface area contributed by atoms with Gasteiger partial charge in [0, 0.05) is 12.8 Å². The SMILES string of the molecule is O=C1CCCCC(c2ccc(C3CCC3)cc2)C1.